The predicted molar refractivity (Wildman–Crippen MR) is 109 cm³/mol. The van der Waals surface area contributed by atoms with Crippen LogP contribution in [-0.2, 0) is 9.53 Å². The third-order valence-electron chi connectivity index (χ3n) is 3.82. The van der Waals surface area contributed by atoms with Crippen molar-refractivity contribution < 1.29 is 14.3 Å². The molecule has 5 nitrogen and oxygen atoms in total. The van der Waals surface area contributed by atoms with Crippen LogP contribution in [0.2, 0.25) is 5.02 Å². The van der Waals surface area contributed by atoms with Crippen molar-refractivity contribution in [3.63, 3.8) is 0 Å². The van der Waals surface area contributed by atoms with Crippen molar-refractivity contribution in [1.29, 1.82) is 0 Å². The van der Waals surface area contributed by atoms with E-state index in [1.807, 2.05) is 43.3 Å². The lowest BCUT2D eigenvalue weighted by Crippen LogP contribution is -2.29. The molecule has 27 heavy (non-hydrogen) atoms. The van der Waals surface area contributed by atoms with Crippen LogP contribution in [0, 0.1) is 0 Å². The molecule has 0 aromatic heterocycles. The molecule has 2 rings (SSSR count). The zero-order valence-corrected chi connectivity index (χ0v) is 16.9. The molecule has 0 aliphatic carbocycles. The van der Waals surface area contributed by atoms with Gasteiger partial charge >= 0.3 is 0 Å². The standard InChI is InChI=1S/C20H23ClN2O3S/c1-14(15-6-5-7-16(21)12-15)23-20(25)17-8-3-4-9-18(17)27-13-19(24)22-10-11-26-2/h3-9,12,14H,10-11,13H2,1-2H3,(H,22,24)(H,23,25). The van der Waals surface area contributed by atoms with Gasteiger partial charge in [0.1, 0.15) is 0 Å². The molecule has 1 atom stereocenters. The molecule has 0 heterocycles. The van der Waals surface area contributed by atoms with E-state index < -0.39 is 0 Å². The molecule has 2 amide bonds. The van der Waals surface area contributed by atoms with Gasteiger partial charge in [-0.2, -0.15) is 0 Å². The summed E-state index contributed by atoms with van der Waals surface area (Å²) in [5, 5.41) is 6.37. The Bertz CT molecular complexity index is 785. The highest BCUT2D eigenvalue weighted by molar-refractivity contribution is 8.00. The van der Waals surface area contributed by atoms with Crippen molar-refractivity contribution >= 4 is 35.2 Å². The molecule has 0 fully saturated rings. The van der Waals surface area contributed by atoms with Gasteiger partial charge in [-0.05, 0) is 36.8 Å². The molecule has 0 aliphatic rings. The highest BCUT2D eigenvalue weighted by Crippen LogP contribution is 2.24. The van der Waals surface area contributed by atoms with Gasteiger partial charge in [-0.3, -0.25) is 9.59 Å². The maximum absolute atomic E-state index is 12.7. The third kappa shape index (κ3) is 6.90. The molecule has 2 N–H and O–H groups in total. The number of hydrogen-bond donors (Lipinski definition) is 2. The first kappa shape index (κ1) is 21.3. The van der Waals surface area contributed by atoms with Crippen molar-refractivity contribution in [2.24, 2.45) is 0 Å². The Hall–Kier alpha value is -2.02. The molecule has 2 aromatic carbocycles. The fraction of sp³-hybridized carbons (Fsp3) is 0.300. The molecule has 0 bridgehead atoms. The van der Waals surface area contributed by atoms with Gasteiger partial charge in [0.2, 0.25) is 5.91 Å². The van der Waals surface area contributed by atoms with E-state index in [9.17, 15) is 9.59 Å². The minimum atomic E-state index is -0.189. The number of amides is 2. The maximum Gasteiger partial charge on any atom is 0.252 e. The predicted octanol–water partition coefficient (Wildman–Crippen LogP) is 3.69. The number of thioether (sulfide) groups is 1. The van der Waals surface area contributed by atoms with Gasteiger partial charge in [0.25, 0.3) is 5.91 Å². The molecule has 0 aliphatic heterocycles. The fourth-order valence-corrected chi connectivity index (χ4v) is 3.48. The van der Waals surface area contributed by atoms with Crippen LogP contribution < -0.4 is 10.6 Å². The van der Waals surface area contributed by atoms with E-state index in [1.165, 1.54) is 11.8 Å². The Morgan fingerprint density at radius 1 is 1.19 bits per heavy atom. The van der Waals surface area contributed by atoms with E-state index in [1.54, 1.807) is 19.2 Å². The Morgan fingerprint density at radius 2 is 1.96 bits per heavy atom. The van der Waals surface area contributed by atoms with E-state index >= 15 is 0 Å². The Labute approximate surface area is 168 Å². The van der Waals surface area contributed by atoms with Crippen molar-refractivity contribution in [2.75, 3.05) is 26.0 Å². The quantitative estimate of drug-likeness (QED) is 0.492. The molecule has 0 saturated heterocycles. The van der Waals surface area contributed by atoms with Crippen LogP contribution in [-0.4, -0.2) is 37.8 Å². The number of hydrogen-bond acceptors (Lipinski definition) is 4. The van der Waals surface area contributed by atoms with E-state index in [-0.39, 0.29) is 23.6 Å². The Morgan fingerprint density at radius 3 is 2.70 bits per heavy atom. The summed E-state index contributed by atoms with van der Waals surface area (Å²) in [4.78, 5) is 25.3. The molecular weight excluding hydrogens is 384 g/mol. The van der Waals surface area contributed by atoms with Crippen LogP contribution in [0.5, 0.6) is 0 Å². The van der Waals surface area contributed by atoms with Crippen molar-refractivity contribution in [2.45, 2.75) is 17.9 Å². The van der Waals surface area contributed by atoms with Crippen molar-refractivity contribution in [1.82, 2.24) is 10.6 Å². The number of halogens is 1. The van der Waals surface area contributed by atoms with Gasteiger partial charge < -0.3 is 15.4 Å². The molecule has 7 heteroatoms. The number of carbonyl (C=O) groups is 2. The van der Waals surface area contributed by atoms with Gasteiger partial charge in [0.05, 0.1) is 24.0 Å². The number of benzene rings is 2. The van der Waals surface area contributed by atoms with E-state index in [4.69, 9.17) is 16.3 Å². The average molecular weight is 407 g/mol. The lowest BCUT2D eigenvalue weighted by Gasteiger charge is -2.16. The Balaban J connectivity index is 1.99. The highest BCUT2D eigenvalue weighted by Gasteiger charge is 2.16. The Kier molecular flexibility index (Phi) is 8.64. The zero-order valence-electron chi connectivity index (χ0n) is 15.3. The van der Waals surface area contributed by atoms with Crippen LogP contribution in [0.1, 0.15) is 28.9 Å². The summed E-state index contributed by atoms with van der Waals surface area (Å²) in [5.74, 6) is -0.0531. The van der Waals surface area contributed by atoms with Gasteiger partial charge in [0.15, 0.2) is 0 Å². The topological polar surface area (TPSA) is 67.4 Å². The highest BCUT2D eigenvalue weighted by atomic mass is 35.5. The average Bonchev–Trinajstić information content (AvgIpc) is 2.66. The van der Waals surface area contributed by atoms with Crippen LogP contribution in [0.25, 0.3) is 0 Å². The third-order valence-corrected chi connectivity index (χ3v) is 5.12. The van der Waals surface area contributed by atoms with Gasteiger partial charge in [-0.1, -0.05) is 35.9 Å². The van der Waals surface area contributed by atoms with Crippen LogP contribution in [0.3, 0.4) is 0 Å². The number of ether oxygens (including phenoxy) is 1. The second-order valence-electron chi connectivity index (χ2n) is 5.88. The first-order chi connectivity index (χ1) is 13.0. The summed E-state index contributed by atoms with van der Waals surface area (Å²) >= 11 is 7.35. The number of carbonyl (C=O) groups excluding carboxylic acids is 2. The second-order valence-corrected chi connectivity index (χ2v) is 7.33. The normalized spacial score (nSPS) is 11.7. The largest absolute Gasteiger partial charge is 0.383 e. The summed E-state index contributed by atoms with van der Waals surface area (Å²) in [7, 11) is 1.58. The zero-order chi connectivity index (χ0) is 19.6. The minimum absolute atomic E-state index is 0.0976. The molecule has 0 radical (unpaired) electrons. The second kappa shape index (κ2) is 11.0. The number of nitrogens with one attached hydrogen (secondary N) is 2. The summed E-state index contributed by atoms with van der Waals surface area (Å²) in [5.41, 5.74) is 1.47. The van der Waals surface area contributed by atoms with E-state index in [0.29, 0.717) is 23.7 Å². The lowest BCUT2D eigenvalue weighted by atomic mass is 10.1. The van der Waals surface area contributed by atoms with E-state index in [0.717, 1.165) is 10.5 Å². The van der Waals surface area contributed by atoms with Crippen LogP contribution in [0.4, 0.5) is 0 Å². The summed E-state index contributed by atoms with van der Waals surface area (Å²) < 4.78 is 4.90. The van der Waals surface area contributed by atoms with Gasteiger partial charge in [-0.15, -0.1) is 11.8 Å². The number of rotatable bonds is 9. The fourth-order valence-electron chi connectivity index (χ4n) is 2.40. The first-order valence-corrected chi connectivity index (χ1v) is 9.91. The molecule has 2 aromatic rings. The van der Waals surface area contributed by atoms with Crippen molar-refractivity contribution in [3.05, 3.63) is 64.7 Å². The summed E-state index contributed by atoms with van der Waals surface area (Å²) in [6, 6.07) is 14.5. The molecule has 0 spiro atoms. The molecule has 0 saturated carbocycles. The maximum atomic E-state index is 12.7. The smallest absolute Gasteiger partial charge is 0.252 e. The molecule has 1 unspecified atom stereocenters. The van der Waals surface area contributed by atoms with E-state index in [2.05, 4.69) is 10.6 Å². The first-order valence-electron chi connectivity index (χ1n) is 8.55. The van der Waals surface area contributed by atoms with Crippen LogP contribution >= 0.6 is 23.4 Å². The lowest BCUT2D eigenvalue weighted by molar-refractivity contribution is -0.118. The number of methoxy groups -OCH3 is 1. The van der Waals surface area contributed by atoms with Crippen molar-refractivity contribution in [3.8, 4) is 0 Å². The van der Waals surface area contributed by atoms with Gasteiger partial charge in [0, 0.05) is 23.6 Å². The molecule has 144 valence electrons. The molecular formula is C20H23ClN2O3S. The van der Waals surface area contributed by atoms with Gasteiger partial charge in [-0.25, -0.2) is 0 Å². The van der Waals surface area contributed by atoms with Crippen LogP contribution in [0.15, 0.2) is 53.4 Å². The minimum Gasteiger partial charge on any atom is -0.383 e. The monoisotopic (exact) mass is 406 g/mol. The SMILES string of the molecule is COCCNC(=O)CSc1ccccc1C(=O)NC(C)c1cccc(Cl)c1. The summed E-state index contributed by atoms with van der Waals surface area (Å²) in [6.07, 6.45) is 0. The summed E-state index contributed by atoms with van der Waals surface area (Å²) in [6.45, 7) is 2.84.